The number of nitrogens with zero attached hydrogens (tertiary/aromatic N) is 5. The third-order valence-corrected chi connectivity index (χ3v) is 7.19. The van der Waals surface area contributed by atoms with Gasteiger partial charge < -0.3 is 30.1 Å². The minimum absolute atomic E-state index is 0.0294. The van der Waals surface area contributed by atoms with Gasteiger partial charge in [0.15, 0.2) is 12.2 Å². The van der Waals surface area contributed by atoms with Crippen LogP contribution in [0.4, 0.5) is 4.79 Å². The molecule has 4 N–H and O–H groups in total. The highest BCUT2D eigenvalue weighted by Gasteiger charge is 2.44. The van der Waals surface area contributed by atoms with Gasteiger partial charge >= 0.3 is 29.7 Å². The second-order valence-corrected chi connectivity index (χ2v) is 10.6. The fourth-order valence-electron chi connectivity index (χ4n) is 4.44. The number of aliphatic carboxylic acids is 2. The van der Waals surface area contributed by atoms with E-state index in [-0.39, 0.29) is 22.9 Å². The van der Waals surface area contributed by atoms with Gasteiger partial charge in [0.1, 0.15) is 6.10 Å². The van der Waals surface area contributed by atoms with Crippen LogP contribution in [0.3, 0.4) is 0 Å². The lowest BCUT2D eigenvalue weighted by Crippen LogP contribution is -2.51. The number of aliphatic hydroxyl groups is 2. The average molecular weight is 645 g/mol. The van der Waals surface area contributed by atoms with Crippen LogP contribution in [-0.2, 0) is 19.1 Å². The summed E-state index contributed by atoms with van der Waals surface area (Å²) in [6, 6.07) is 20.7. The summed E-state index contributed by atoms with van der Waals surface area (Å²) in [5.41, 5.74) is 2.59. The number of carboxylic acid groups (broad SMARTS) is 2. The van der Waals surface area contributed by atoms with Crippen LogP contribution in [0.25, 0.3) is 0 Å². The predicted octanol–water partition coefficient (Wildman–Crippen LogP) is 1.43. The van der Waals surface area contributed by atoms with Crippen molar-refractivity contribution in [2.75, 3.05) is 34.2 Å². The third kappa shape index (κ3) is 9.33. The zero-order valence-electron chi connectivity index (χ0n) is 24.9. The Hall–Kier alpha value is -4.34. The number of amidine groups is 2. The molecular weight excluding hydrogens is 610 g/mol. The van der Waals surface area contributed by atoms with E-state index in [2.05, 4.69) is 82.6 Å². The monoisotopic (exact) mass is 644 g/mol. The molecule has 5 rings (SSSR count). The maximum absolute atomic E-state index is 11.5. The van der Waals surface area contributed by atoms with Crippen molar-refractivity contribution in [1.29, 1.82) is 0 Å². The number of aliphatic hydroxyl groups excluding tert-OH is 2. The summed E-state index contributed by atoms with van der Waals surface area (Å²) in [5, 5.41) is 32.5. The molecule has 3 amide bonds. The number of rotatable bonds is 7. The van der Waals surface area contributed by atoms with Crippen molar-refractivity contribution < 1.29 is 48.9 Å². The maximum atomic E-state index is 11.5. The van der Waals surface area contributed by atoms with Crippen LogP contribution in [0, 0.1) is 0 Å². The number of carbonyl (C=O) groups excluding carboxylic acids is 2. The zero-order valence-corrected chi connectivity index (χ0v) is 25.6. The second-order valence-electron chi connectivity index (χ2n) is 10.3. The first-order valence-corrected chi connectivity index (χ1v) is 14.2. The summed E-state index contributed by atoms with van der Waals surface area (Å²) in [7, 11) is 5.07. The van der Waals surface area contributed by atoms with E-state index in [1.807, 2.05) is 0 Å². The molecule has 240 valence electrons. The standard InChI is InChI=1S/C19H23NO.C7H6ClN4O2.C4H6O6/c1-20-14-12-18(13-15-20)21-19(16-8-4-2-5-9-16)17-10-6-3-7-11-17;1-11-4-3(9-6(8)10-4)5(13)12(2)7(11)14;5-1(3(7)8)2(6)4(9)10/h2-11,18-19H,12-15H2,1H3;1-2H3;1-2,5-6H,(H,7,8)(H,9,10)/q;+1;/t;;1-,2-/m..1/s1. The number of carboxylic acids is 2. The molecule has 2 aromatic carbocycles. The number of amides is 3. The van der Waals surface area contributed by atoms with Gasteiger partial charge in [-0.05, 0) is 42.6 Å². The fourth-order valence-corrected chi connectivity index (χ4v) is 4.60. The number of imide groups is 1. The number of hydrogen-bond donors (Lipinski definition) is 4. The number of piperidine rings is 1. The molecule has 45 heavy (non-hydrogen) atoms. The van der Waals surface area contributed by atoms with Gasteiger partial charge in [0.2, 0.25) is 5.71 Å². The Morgan fingerprint density at radius 1 is 0.889 bits per heavy atom. The number of fused-ring (bicyclic) bond motifs is 1. The van der Waals surface area contributed by atoms with E-state index in [0.717, 1.165) is 30.8 Å². The Labute approximate surface area is 264 Å². The van der Waals surface area contributed by atoms with E-state index in [9.17, 15) is 19.2 Å². The van der Waals surface area contributed by atoms with E-state index in [1.165, 1.54) is 29.8 Å². The molecule has 3 heterocycles. The SMILES string of the molecule is CN1C(=O)C2=NC(Cl)=NC2=[N+](C)C1=O.CN1CCC(OC(c2ccccc2)c2ccccc2)CC1.O=C(O)[C@H](O)[C@@H](O)C(=O)O. The Balaban J connectivity index is 0.000000200. The van der Waals surface area contributed by atoms with Crippen molar-refractivity contribution in [3.05, 3.63) is 71.8 Å². The molecule has 1 fully saturated rings. The molecular formula is C30H35ClN5O9+. The number of hydrogen-bond acceptors (Lipinski definition) is 10. The van der Waals surface area contributed by atoms with Gasteiger partial charge in [0.25, 0.3) is 5.29 Å². The summed E-state index contributed by atoms with van der Waals surface area (Å²) < 4.78 is 7.72. The number of carbonyl (C=O) groups is 4. The average Bonchev–Trinajstić information content (AvgIpc) is 3.45. The molecule has 1 saturated heterocycles. The van der Waals surface area contributed by atoms with Gasteiger partial charge in [0.05, 0.1) is 20.2 Å². The van der Waals surface area contributed by atoms with Crippen molar-refractivity contribution in [3.63, 3.8) is 0 Å². The first kappa shape index (κ1) is 35.1. The Kier molecular flexibility index (Phi) is 12.6. The molecule has 2 aromatic rings. The number of benzene rings is 2. The van der Waals surface area contributed by atoms with Crippen LogP contribution < -0.4 is 0 Å². The van der Waals surface area contributed by atoms with Crippen LogP contribution in [0.15, 0.2) is 70.6 Å². The quantitative estimate of drug-likeness (QED) is 0.253. The summed E-state index contributed by atoms with van der Waals surface area (Å²) in [4.78, 5) is 53.3. The minimum Gasteiger partial charge on any atom is -0.479 e. The van der Waals surface area contributed by atoms with Crippen molar-refractivity contribution >= 4 is 52.3 Å². The third-order valence-electron chi connectivity index (χ3n) is 7.02. The summed E-state index contributed by atoms with van der Waals surface area (Å²) >= 11 is 5.55. The summed E-state index contributed by atoms with van der Waals surface area (Å²) in [6.45, 7) is 2.25. The topological polar surface area (TPSA) is 193 Å². The van der Waals surface area contributed by atoms with E-state index < -0.39 is 36.1 Å². The molecule has 2 atom stereocenters. The highest BCUT2D eigenvalue weighted by Crippen LogP contribution is 2.29. The van der Waals surface area contributed by atoms with Crippen molar-refractivity contribution in [3.8, 4) is 0 Å². The smallest absolute Gasteiger partial charge is 0.446 e. The largest absolute Gasteiger partial charge is 0.479 e. The highest BCUT2D eigenvalue weighted by molar-refractivity contribution is 6.78. The Morgan fingerprint density at radius 2 is 1.36 bits per heavy atom. The predicted molar refractivity (Wildman–Crippen MR) is 164 cm³/mol. The normalized spacial score (nSPS) is 18.2. The molecule has 15 heteroatoms. The van der Waals surface area contributed by atoms with Crippen LogP contribution in [-0.4, -0.2) is 128 Å². The molecule has 0 saturated carbocycles. The first-order valence-electron chi connectivity index (χ1n) is 13.8. The fraction of sp³-hybridized carbons (Fsp3) is 0.367. The van der Waals surface area contributed by atoms with Crippen LogP contribution in [0.5, 0.6) is 0 Å². The van der Waals surface area contributed by atoms with Gasteiger partial charge in [-0.15, -0.1) is 0 Å². The van der Waals surface area contributed by atoms with Crippen molar-refractivity contribution in [2.45, 2.75) is 37.3 Å². The molecule has 0 bridgehead atoms. The van der Waals surface area contributed by atoms with Crippen molar-refractivity contribution in [1.82, 2.24) is 9.80 Å². The second kappa shape index (κ2) is 16.1. The van der Waals surface area contributed by atoms with Gasteiger partial charge in [0, 0.05) is 13.1 Å². The van der Waals surface area contributed by atoms with Crippen LogP contribution >= 0.6 is 11.6 Å². The summed E-state index contributed by atoms with van der Waals surface area (Å²) in [5.74, 6) is -3.81. The van der Waals surface area contributed by atoms with Gasteiger partial charge in [-0.25, -0.2) is 19.2 Å². The van der Waals surface area contributed by atoms with Crippen molar-refractivity contribution in [2.24, 2.45) is 9.98 Å². The van der Waals surface area contributed by atoms with Crippen LogP contribution in [0.2, 0.25) is 0 Å². The lowest BCUT2D eigenvalue weighted by atomic mass is 10.00. The van der Waals surface area contributed by atoms with Gasteiger partial charge in [-0.1, -0.05) is 65.7 Å². The molecule has 3 aliphatic heterocycles. The molecule has 0 radical (unpaired) electrons. The Morgan fingerprint density at radius 3 is 1.80 bits per heavy atom. The van der Waals surface area contributed by atoms with Gasteiger partial charge in [-0.3, -0.25) is 0 Å². The van der Waals surface area contributed by atoms with E-state index >= 15 is 0 Å². The first-order chi connectivity index (χ1) is 21.3. The zero-order chi connectivity index (χ0) is 33.3. The maximum Gasteiger partial charge on any atom is 0.446 e. The van der Waals surface area contributed by atoms with E-state index in [1.54, 1.807) is 0 Å². The number of ether oxygens (including phenoxy) is 1. The molecule has 0 aliphatic carbocycles. The number of likely N-dealkylation sites (tertiary alicyclic amines) is 1. The molecule has 0 spiro atoms. The highest BCUT2D eigenvalue weighted by atomic mass is 35.5. The van der Waals surface area contributed by atoms with Crippen LogP contribution in [0.1, 0.15) is 30.1 Å². The number of urea groups is 1. The summed E-state index contributed by atoms with van der Waals surface area (Å²) in [6.07, 6.45) is -1.90. The number of aliphatic imine (C=N–C) groups is 2. The number of halogens is 1. The van der Waals surface area contributed by atoms with Gasteiger partial charge in [-0.2, -0.15) is 14.5 Å². The van der Waals surface area contributed by atoms with E-state index in [4.69, 9.17) is 36.8 Å². The lowest BCUT2D eigenvalue weighted by molar-refractivity contribution is -0.401. The minimum atomic E-state index is -2.27. The molecule has 14 nitrogen and oxygen atoms in total. The molecule has 0 aromatic heterocycles. The molecule has 0 unspecified atom stereocenters. The lowest BCUT2D eigenvalue weighted by Gasteiger charge is -2.32. The Bertz CT molecular complexity index is 1420. The van der Waals surface area contributed by atoms with E-state index in [0.29, 0.717) is 6.10 Å². The molecule has 3 aliphatic rings.